The molecule has 3 rings (SSSR count). The lowest BCUT2D eigenvalue weighted by Gasteiger charge is -2.35. The Labute approximate surface area is 171 Å². The van der Waals surface area contributed by atoms with E-state index in [4.69, 9.17) is 0 Å². The van der Waals surface area contributed by atoms with Crippen molar-refractivity contribution in [3.8, 4) is 0 Å². The van der Waals surface area contributed by atoms with E-state index in [1.165, 1.54) is 15.4 Å². The van der Waals surface area contributed by atoms with E-state index < -0.39 is 10.0 Å². The molecule has 0 bridgehead atoms. The van der Waals surface area contributed by atoms with E-state index in [1.807, 2.05) is 13.0 Å². The van der Waals surface area contributed by atoms with Crippen LogP contribution in [0.3, 0.4) is 0 Å². The van der Waals surface area contributed by atoms with Crippen LogP contribution in [0.1, 0.15) is 18.1 Å². The Morgan fingerprint density at radius 1 is 1.04 bits per heavy atom. The molecule has 5 nitrogen and oxygen atoms in total. The monoisotopic (exact) mass is 418 g/mol. The minimum absolute atomic E-state index is 0.0782. The molecule has 1 atom stereocenters. The van der Waals surface area contributed by atoms with Crippen LogP contribution in [0.2, 0.25) is 0 Å². The summed E-state index contributed by atoms with van der Waals surface area (Å²) in [7, 11) is -3.49. The maximum atomic E-state index is 12.7. The molecule has 0 aromatic heterocycles. The highest BCUT2D eigenvalue weighted by atomic mass is 32.2. The van der Waals surface area contributed by atoms with Gasteiger partial charge in [0.2, 0.25) is 15.9 Å². The van der Waals surface area contributed by atoms with Gasteiger partial charge in [-0.2, -0.15) is 4.31 Å². The van der Waals surface area contributed by atoms with Crippen molar-refractivity contribution in [2.45, 2.75) is 29.7 Å². The van der Waals surface area contributed by atoms with Crippen molar-refractivity contribution >= 4 is 27.7 Å². The normalized spacial score (nSPS) is 16.7. The van der Waals surface area contributed by atoms with E-state index >= 15 is 0 Å². The van der Waals surface area contributed by atoms with Crippen molar-refractivity contribution in [3.63, 3.8) is 0 Å². The molecule has 28 heavy (non-hydrogen) atoms. The van der Waals surface area contributed by atoms with Crippen molar-refractivity contribution in [2.24, 2.45) is 0 Å². The Kier molecular flexibility index (Phi) is 6.80. The molecule has 1 saturated heterocycles. The first-order valence-electron chi connectivity index (χ1n) is 9.39. The fourth-order valence-electron chi connectivity index (χ4n) is 3.24. The van der Waals surface area contributed by atoms with Crippen LogP contribution in [0.15, 0.2) is 59.5 Å². The summed E-state index contributed by atoms with van der Waals surface area (Å²) in [6.45, 7) is 5.51. The zero-order valence-electron chi connectivity index (χ0n) is 16.2. The van der Waals surface area contributed by atoms with Gasteiger partial charge in [0.05, 0.1) is 10.1 Å². The van der Waals surface area contributed by atoms with Crippen molar-refractivity contribution in [1.82, 2.24) is 9.21 Å². The van der Waals surface area contributed by atoms with E-state index in [2.05, 4.69) is 25.1 Å². The largest absolute Gasteiger partial charge is 0.339 e. The van der Waals surface area contributed by atoms with Gasteiger partial charge < -0.3 is 4.90 Å². The standard InChI is InChI=1S/C21H26N2O3S2/c1-17-7-6-8-19(15-17)16-27-18(2)21(24)22-11-13-23(14-12-22)28(25,26)20-9-4-3-5-10-20/h3-10,15,18H,11-14,16H2,1-2H3/t18-/m1/s1. The average molecular weight is 419 g/mol. The summed E-state index contributed by atoms with van der Waals surface area (Å²) in [4.78, 5) is 14.8. The number of amides is 1. The number of carbonyl (C=O) groups is 1. The molecular formula is C21H26N2O3S2. The van der Waals surface area contributed by atoms with E-state index in [1.54, 1.807) is 47.0 Å². The zero-order valence-corrected chi connectivity index (χ0v) is 17.9. The van der Waals surface area contributed by atoms with Gasteiger partial charge >= 0.3 is 0 Å². The molecule has 0 unspecified atom stereocenters. The van der Waals surface area contributed by atoms with Gasteiger partial charge in [-0.15, -0.1) is 11.8 Å². The average Bonchev–Trinajstić information content (AvgIpc) is 2.72. The predicted octanol–water partition coefficient (Wildman–Crippen LogP) is 3.15. The topological polar surface area (TPSA) is 57.7 Å². The summed E-state index contributed by atoms with van der Waals surface area (Å²) in [5, 5.41) is -0.155. The second-order valence-electron chi connectivity index (χ2n) is 6.98. The minimum atomic E-state index is -3.49. The second-order valence-corrected chi connectivity index (χ2v) is 10.3. The Bertz CT molecular complexity index is 908. The van der Waals surface area contributed by atoms with Crippen molar-refractivity contribution in [1.29, 1.82) is 0 Å². The summed E-state index contributed by atoms with van der Waals surface area (Å²) < 4.78 is 26.9. The lowest BCUT2D eigenvalue weighted by Crippen LogP contribution is -2.52. The number of piperazine rings is 1. The highest BCUT2D eigenvalue weighted by molar-refractivity contribution is 7.99. The molecule has 1 amide bonds. The van der Waals surface area contributed by atoms with E-state index in [-0.39, 0.29) is 11.2 Å². The third kappa shape index (κ3) is 4.96. The lowest BCUT2D eigenvalue weighted by molar-refractivity contribution is -0.131. The molecular weight excluding hydrogens is 392 g/mol. The van der Waals surface area contributed by atoms with Gasteiger partial charge in [-0.1, -0.05) is 48.0 Å². The number of hydrogen-bond acceptors (Lipinski definition) is 4. The highest BCUT2D eigenvalue weighted by Gasteiger charge is 2.31. The molecule has 1 aliphatic heterocycles. The number of thioether (sulfide) groups is 1. The SMILES string of the molecule is Cc1cccc(CS[C@H](C)C(=O)N2CCN(S(=O)(=O)c3ccccc3)CC2)c1. The van der Waals surface area contributed by atoms with Crippen LogP contribution in [-0.4, -0.2) is 55.0 Å². The van der Waals surface area contributed by atoms with E-state index in [9.17, 15) is 13.2 Å². The summed E-state index contributed by atoms with van der Waals surface area (Å²) >= 11 is 1.62. The van der Waals surface area contributed by atoms with Crippen LogP contribution >= 0.6 is 11.8 Å². The molecule has 7 heteroatoms. The van der Waals surface area contributed by atoms with Crippen molar-refractivity contribution < 1.29 is 13.2 Å². The molecule has 0 radical (unpaired) electrons. The van der Waals surface area contributed by atoms with Gasteiger partial charge in [-0.05, 0) is 31.5 Å². The summed E-state index contributed by atoms with van der Waals surface area (Å²) in [5.41, 5.74) is 2.43. The van der Waals surface area contributed by atoms with Crippen LogP contribution in [-0.2, 0) is 20.6 Å². The fourth-order valence-corrected chi connectivity index (χ4v) is 5.60. The van der Waals surface area contributed by atoms with Crippen LogP contribution in [0.25, 0.3) is 0 Å². The molecule has 1 aliphatic rings. The highest BCUT2D eigenvalue weighted by Crippen LogP contribution is 2.22. The molecule has 0 N–H and O–H groups in total. The maximum Gasteiger partial charge on any atom is 0.243 e. The number of rotatable bonds is 6. The van der Waals surface area contributed by atoms with Crippen LogP contribution in [0.5, 0.6) is 0 Å². The Morgan fingerprint density at radius 2 is 1.71 bits per heavy atom. The smallest absolute Gasteiger partial charge is 0.243 e. The third-order valence-corrected chi connectivity index (χ3v) is 7.98. The quantitative estimate of drug-likeness (QED) is 0.723. The van der Waals surface area contributed by atoms with Gasteiger partial charge in [0.1, 0.15) is 0 Å². The summed E-state index contributed by atoms with van der Waals surface area (Å²) in [5.74, 6) is 0.867. The summed E-state index contributed by atoms with van der Waals surface area (Å²) in [6.07, 6.45) is 0. The first kappa shape index (κ1) is 20.9. The van der Waals surface area contributed by atoms with Crippen LogP contribution in [0, 0.1) is 6.92 Å². The van der Waals surface area contributed by atoms with Gasteiger partial charge in [0, 0.05) is 31.9 Å². The van der Waals surface area contributed by atoms with Crippen molar-refractivity contribution in [2.75, 3.05) is 26.2 Å². The van der Waals surface area contributed by atoms with Gasteiger partial charge in [0.25, 0.3) is 0 Å². The molecule has 0 spiro atoms. The first-order chi connectivity index (χ1) is 13.4. The lowest BCUT2D eigenvalue weighted by atomic mass is 10.2. The van der Waals surface area contributed by atoms with Gasteiger partial charge in [-0.3, -0.25) is 4.79 Å². The van der Waals surface area contributed by atoms with Gasteiger partial charge in [0.15, 0.2) is 0 Å². The van der Waals surface area contributed by atoms with E-state index in [0.717, 1.165) is 5.75 Å². The molecule has 2 aromatic carbocycles. The second kappa shape index (κ2) is 9.11. The number of hydrogen-bond donors (Lipinski definition) is 0. The molecule has 150 valence electrons. The molecule has 0 saturated carbocycles. The third-order valence-electron chi connectivity index (χ3n) is 4.86. The predicted molar refractivity (Wildman–Crippen MR) is 114 cm³/mol. The number of nitrogens with zero attached hydrogens (tertiary/aromatic N) is 2. The van der Waals surface area contributed by atoms with Crippen LogP contribution in [0.4, 0.5) is 0 Å². The Balaban J connectivity index is 1.53. The first-order valence-corrected chi connectivity index (χ1v) is 11.9. The van der Waals surface area contributed by atoms with Crippen LogP contribution < -0.4 is 0 Å². The summed E-state index contributed by atoms with van der Waals surface area (Å²) in [6, 6.07) is 16.8. The molecule has 1 fully saturated rings. The Morgan fingerprint density at radius 3 is 2.36 bits per heavy atom. The minimum Gasteiger partial charge on any atom is -0.339 e. The molecule has 0 aliphatic carbocycles. The molecule has 1 heterocycles. The molecule has 2 aromatic rings. The number of sulfonamides is 1. The van der Waals surface area contributed by atoms with Gasteiger partial charge in [-0.25, -0.2) is 8.42 Å². The van der Waals surface area contributed by atoms with E-state index in [0.29, 0.717) is 31.1 Å². The fraction of sp³-hybridized carbons (Fsp3) is 0.381. The number of aryl methyl sites for hydroxylation is 1. The Hall–Kier alpha value is -1.83. The maximum absolute atomic E-state index is 12.7. The number of carbonyl (C=O) groups excluding carboxylic acids is 1. The van der Waals surface area contributed by atoms with Crippen molar-refractivity contribution in [3.05, 3.63) is 65.7 Å². The number of benzene rings is 2. The zero-order chi connectivity index (χ0) is 20.1.